The molecule has 0 saturated heterocycles. The second kappa shape index (κ2) is 10.9. The molecule has 3 aromatic heterocycles. The highest BCUT2D eigenvalue weighted by Crippen LogP contribution is 2.40. The van der Waals surface area contributed by atoms with E-state index < -0.39 is 0 Å². The molecule has 0 saturated carbocycles. The van der Waals surface area contributed by atoms with Crippen LogP contribution in [0, 0.1) is 17.9 Å². The van der Waals surface area contributed by atoms with Gasteiger partial charge in [0, 0.05) is 40.5 Å². The molecule has 0 unspecified atom stereocenters. The van der Waals surface area contributed by atoms with Gasteiger partial charge in [-0.1, -0.05) is 60.7 Å². The molecule has 6 heteroatoms. The summed E-state index contributed by atoms with van der Waals surface area (Å²) < 4.78 is 6.63. The van der Waals surface area contributed by atoms with Crippen LogP contribution in [-0.4, -0.2) is 18.7 Å². The average Bonchev–Trinajstić information content (AvgIpc) is 3.81. The van der Waals surface area contributed by atoms with Gasteiger partial charge in [-0.15, -0.1) is 0 Å². The lowest BCUT2D eigenvalue weighted by molar-refractivity contribution is 0.609. The number of fused-ring (bicyclic) bond motifs is 6. The van der Waals surface area contributed by atoms with Crippen molar-refractivity contribution < 1.29 is 0 Å². The predicted octanol–water partition coefficient (Wildman–Crippen LogP) is 9.52. The first-order valence-electron chi connectivity index (χ1n) is 15.2. The van der Waals surface area contributed by atoms with Crippen LogP contribution in [0.2, 0.25) is 0 Å². The lowest BCUT2D eigenvalue weighted by atomic mass is 10.0. The highest BCUT2D eigenvalue weighted by Gasteiger charge is 2.21. The minimum atomic E-state index is 0.344. The van der Waals surface area contributed by atoms with E-state index >= 15 is 0 Å². The van der Waals surface area contributed by atoms with Gasteiger partial charge in [-0.25, -0.2) is 9.83 Å². The minimum Gasteiger partial charge on any atom is -0.337 e. The molecule has 6 nitrogen and oxygen atoms in total. The molecular weight excluding hydrogens is 552 g/mol. The van der Waals surface area contributed by atoms with Crippen molar-refractivity contribution in [2.24, 2.45) is 0 Å². The first-order valence-corrected chi connectivity index (χ1v) is 15.2. The molecule has 0 fully saturated rings. The summed E-state index contributed by atoms with van der Waals surface area (Å²) in [5.41, 5.74) is 7.99. The third-order valence-electron chi connectivity index (χ3n) is 8.82. The number of benzene rings is 5. The zero-order valence-corrected chi connectivity index (χ0v) is 24.6. The highest BCUT2D eigenvalue weighted by molar-refractivity contribution is 6.11. The number of hydrogen-bond donors (Lipinski definition) is 0. The smallest absolute Gasteiger partial charge is 0.206 e. The van der Waals surface area contributed by atoms with Gasteiger partial charge in [0.2, 0.25) is 5.69 Å². The average molecular weight is 581 g/mol. The SMILES string of the molecule is [C-]#[N+]c1cc(-n2c3ccccc3c3ccccc32)c(-n2c3ccccc3c3cc(CCCCn4ccnc4)ccc32)cc1C#N. The van der Waals surface area contributed by atoms with Crippen molar-refractivity contribution in [1.29, 1.82) is 5.26 Å². The first kappa shape index (κ1) is 26.5. The third kappa shape index (κ3) is 4.35. The zero-order chi connectivity index (χ0) is 30.3. The van der Waals surface area contributed by atoms with Crippen molar-refractivity contribution in [3.05, 3.63) is 144 Å². The van der Waals surface area contributed by atoms with Gasteiger partial charge >= 0.3 is 0 Å². The van der Waals surface area contributed by atoms with Crippen molar-refractivity contribution in [2.75, 3.05) is 0 Å². The minimum absolute atomic E-state index is 0.344. The molecule has 0 radical (unpaired) electrons. The van der Waals surface area contributed by atoms with E-state index in [0.29, 0.717) is 11.3 Å². The summed E-state index contributed by atoms with van der Waals surface area (Å²) >= 11 is 0. The highest BCUT2D eigenvalue weighted by atomic mass is 15.1. The van der Waals surface area contributed by atoms with Crippen molar-refractivity contribution in [3.63, 3.8) is 0 Å². The van der Waals surface area contributed by atoms with Crippen molar-refractivity contribution >= 4 is 49.3 Å². The largest absolute Gasteiger partial charge is 0.337 e. The van der Waals surface area contributed by atoms with Crippen LogP contribution in [0.15, 0.2) is 122 Å². The third-order valence-corrected chi connectivity index (χ3v) is 8.82. The Labute approximate surface area is 260 Å². The number of nitriles is 1. The topological polar surface area (TPSA) is 55.8 Å². The van der Waals surface area contributed by atoms with E-state index in [9.17, 15) is 5.26 Å². The number of imidazole rings is 1. The van der Waals surface area contributed by atoms with Crippen LogP contribution in [0.25, 0.3) is 59.8 Å². The summed E-state index contributed by atoms with van der Waals surface area (Å²) in [6.07, 6.45) is 8.88. The monoisotopic (exact) mass is 580 g/mol. The first-order chi connectivity index (χ1) is 22.2. The van der Waals surface area contributed by atoms with Gasteiger partial charge < -0.3 is 13.7 Å². The Morgan fingerprint density at radius 1 is 0.689 bits per heavy atom. The molecule has 3 heterocycles. The molecule has 8 aromatic rings. The Bertz CT molecular complexity index is 2410. The Morgan fingerprint density at radius 3 is 1.89 bits per heavy atom. The molecule has 0 amide bonds. The molecule has 0 aliphatic rings. The Kier molecular flexibility index (Phi) is 6.40. The van der Waals surface area contributed by atoms with Crippen molar-refractivity contribution in [3.8, 4) is 17.4 Å². The van der Waals surface area contributed by atoms with E-state index in [-0.39, 0.29) is 0 Å². The summed E-state index contributed by atoms with van der Waals surface area (Å²) in [7, 11) is 0. The van der Waals surface area contributed by atoms with E-state index in [1.54, 1.807) is 0 Å². The van der Waals surface area contributed by atoms with Crippen LogP contribution in [0.1, 0.15) is 24.0 Å². The Balaban J connectivity index is 1.34. The summed E-state index contributed by atoms with van der Waals surface area (Å²) in [6, 6.07) is 38.1. The normalized spacial score (nSPS) is 11.4. The lowest BCUT2D eigenvalue weighted by Crippen LogP contribution is -2.04. The van der Waals surface area contributed by atoms with Crippen LogP contribution >= 0.6 is 0 Å². The number of nitrogens with zero attached hydrogens (tertiary/aromatic N) is 6. The standard InChI is InChI=1S/C39H28N6/c1-41-33-24-39(44-34-14-5-2-11-29(34)30-12-3-6-15-35(30)44)38(23-28(33)25-40)45-36-16-7-4-13-31(36)32-22-27(17-18-37(32)45)10-8-9-20-43-21-19-42-26-43/h2-7,11-19,21-24,26H,8-10,20H2. The maximum absolute atomic E-state index is 10.1. The second-order valence-electron chi connectivity index (χ2n) is 11.4. The van der Waals surface area contributed by atoms with Gasteiger partial charge in [0.1, 0.15) is 0 Å². The van der Waals surface area contributed by atoms with E-state index in [0.717, 1.165) is 75.4 Å². The lowest BCUT2D eigenvalue weighted by Gasteiger charge is -2.18. The number of hydrogen-bond acceptors (Lipinski definition) is 2. The molecule has 0 bridgehead atoms. The molecule has 0 aliphatic carbocycles. The van der Waals surface area contributed by atoms with Gasteiger partial charge in [-0.05, 0) is 67.3 Å². The maximum Gasteiger partial charge on any atom is 0.206 e. The van der Waals surface area contributed by atoms with Crippen LogP contribution in [-0.2, 0) is 13.0 Å². The summed E-state index contributed by atoms with van der Waals surface area (Å²) in [5, 5.41) is 14.8. The van der Waals surface area contributed by atoms with Crippen LogP contribution in [0.5, 0.6) is 0 Å². The fourth-order valence-electron chi connectivity index (χ4n) is 6.77. The molecule has 8 rings (SSSR count). The second-order valence-corrected chi connectivity index (χ2v) is 11.4. The van der Waals surface area contributed by atoms with Crippen LogP contribution < -0.4 is 0 Å². The maximum atomic E-state index is 10.1. The zero-order valence-electron chi connectivity index (χ0n) is 24.6. The molecule has 0 aliphatic heterocycles. The van der Waals surface area contributed by atoms with Gasteiger partial charge in [0.05, 0.1) is 58.0 Å². The number of para-hydroxylation sites is 3. The van der Waals surface area contributed by atoms with E-state index in [1.165, 1.54) is 10.9 Å². The summed E-state index contributed by atoms with van der Waals surface area (Å²) in [5.74, 6) is 0. The molecule has 214 valence electrons. The number of rotatable bonds is 7. The number of aryl methyl sites for hydroxylation is 2. The van der Waals surface area contributed by atoms with Gasteiger partial charge in [-0.2, -0.15) is 5.26 Å². The quantitative estimate of drug-likeness (QED) is 0.139. The Morgan fingerprint density at radius 2 is 1.29 bits per heavy atom. The molecule has 0 N–H and O–H groups in total. The van der Waals surface area contributed by atoms with Crippen LogP contribution in [0.4, 0.5) is 5.69 Å². The van der Waals surface area contributed by atoms with Crippen molar-refractivity contribution in [2.45, 2.75) is 25.8 Å². The molecule has 5 aromatic carbocycles. The van der Waals surface area contributed by atoms with Gasteiger partial charge in [0.15, 0.2) is 0 Å². The van der Waals surface area contributed by atoms with Crippen LogP contribution in [0.3, 0.4) is 0 Å². The summed E-state index contributed by atoms with van der Waals surface area (Å²) in [4.78, 5) is 7.93. The van der Waals surface area contributed by atoms with E-state index in [2.05, 4.69) is 108 Å². The molecule has 0 spiro atoms. The fourth-order valence-corrected chi connectivity index (χ4v) is 6.77. The predicted molar refractivity (Wildman–Crippen MR) is 181 cm³/mol. The van der Waals surface area contributed by atoms with E-state index in [1.807, 2.05) is 43.0 Å². The van der Waals surface area contributed by atoms with E-state index in [4.69, 9.17) is 6.57 Å². The number of aromatic nitrogens is 4. The van der Waals surface area contributed by atoms with Gasteiger partial charge in [0.25, 0.3) is 0 Å². The van der Waals surface area contributed by atoms with Crippen molar-refractivity contribution in [1.82, 2.24) is 18.7 Å². The summed E-state index contributed by atoms with van der Waals surface area (Å²) in [6.45, 7) is 8.90. The molecule has 45 heavy (non-hydrogen) atoms. The molecular formula is C39H28N6. The fraction of sp³-hybridized carbons (Fsp3) is 0.103. The molecule has 0 atom stereocenters. The number of unbranched alkanes of at least 4 members (excludes halogenated alkanes) is 1. The Hall–Kier alpha value is -6.11. The van der Waals surface area contributed by atoms with Gasteiger partial charge in [-0.3, -0.25) is 0 Å².